The van der Waals surface area contributed by atoms with Crippen molar-refractivity contribution in [3.05, 3.63) is 48.5 Å². The van der Waals surface area contributed by atoms with E-state index in [-0.39, 0.29) is 9.79 Å². The zero-order valence-corrected chi connectivity index (χ0v) is 14.8. The first kappa shape index (κ1) is 19.4. The molecule has 0 bridgehead atoms. The van der Waals surface area contributed by atoms with Crippen LogP contribution in [-0.4, -0.2) is 19.4 Å². The molecule has 0 saturated carbocycles. The Morgan fingerprint density at radius 1 is 0.808 bits per heavy atom. The Balaban J connectivity index is 2.39. The molecule has 3 rings (SSSR count). The monoisotopic (exact) mass is 434 g/mol. The van der Waals surface area contributed by atoms with Gasteiger partial charge in [-0.3, -0.25) is 0 Å². The summed E-state index contributed by atoms with van der Waals surface area (Å²) < 4.78 is 108. The van der Waals surface area contributed by atoms with Crippen molar-refractivity contribution in [2.45, 2.75) is 30.6 Å². The number of hydrogen-bond donors (Lipinski definition) is 0. The summed E-state index contributed by atoms with van der Waals surface area (Å²) in [5.74, 6) is 0. The lowest BCUT2D eigenvalue weighted by Crippen LogP contribution is -2.33. The molecule has 0 aromatic heterocycles. The highest BCUT2D eigenvalue weighted by Crippen LogP contribution is 2.79. The Bertz CT molecular complexity index is 907. The Labute approximate surface area is 150 Å². The van der Waals surface area contributed by atoms with Crippen molar-refractivity contribution in [1.82, 2.24) is 0 Å². The van der Waals surface area contributed by atoms with E-state index in [9.17, 15) is 34.8 Å². The molecule has 0 unspecified atom stereocenters. The second-order valence-corrected chi connectivity index (χ2v) is 10.4. The van der Waals surface area contributed by atoms with Crippen LogP contribution in [0.5, 0.6) is 0 Å². The van der Waals surface area contributed by atoms with Gasteiger partial charge in [-0.05, 0) is 24.3 Å². The lowest BCUT2D eigenvalue weighted by atomic mass is 10.3. The predicted octanol–water partition coefficient (Wildman–Crippen LogP) is 5.67. The molecule has 26 heavy (non-hydrogen) atoms. The van der Waals surface area contributed by atoms with Gasteiger partial charge >= 0.3 is 21.1 Å². The normalized spacial score (nSPS) is 17.9. The summed E-state index contributed by atoms with van der Waals surface area (Å²) in [5.41, 5.74) is -11.4. The van der Waals surface area contributed by atoms with Crippen LogP contribution in [0.3, 0.4) is 0 Å². The first-order valence-corrected chi connectivity index (χ1v) is 10.5. The molecule has 0 fully saturated rings. The first-order chi connectivity index (χ1) is 11.9. The van der Waals surface area contributed by atoms with Crippen molar-refractivity contribution in [2.24, 2.45) is 0 Å². The summed E-state index contributed by atoms with van der Waals surface area (Å²) in [5, 5.41) is 0. The first-order valence-electron chi connectivity index (χ1n) is 6.68. The summed E-state index contributed by atoms with van der Waals surface area (Å²) in [4.78, 5) is -1.31. The van der Waals surface area contributed by atoms with E-state index in [4.69, 9.17) is 0 Å². The fourth-order valence-electron chi connectivity index (χ4n) is 2.32. The van der Waals surface area contributed by atoms with E-state index in [0.29, 0.717) is 0 Å². The molecular formula is C14H8F6O3S3. The van der Waals surface area contributed by atoms with Gasteiger partial charge in [-0.1, -0.05) is 36.0 Å². The van der Waals surface area contributed by atoms with Crippen molar-refractivity contribution in [2.75, 3.05) is 0 Å². The molecule has 0 saturated heterocycles. The summed E-state index contributed by atoms with van der Waals surface area (Å²) >= 11 is 0.899. The third kappa shape index (κ3) is 2.88. The second-order valence-electron chi connectivity index (χ2n) is 4.97. The third-order valence-corrected chi connectivity index (χ3v) is 9.45. The van der Waals surface area contributed by atoms with E-state index >= 15 is 0 Å². The number of fused-ring (bicyclic) bond motifs is 2. The third-order valence-electron chi connectivity index (χ3n) is 3.34. The largest absolute Gasteiger partial charge is 0.523 e. The number of halogens is 6. The second kappa shape index (κ2) is 6.08. The van der Waals surface area contributed by atoms with Gasteiger partial charge in [-0.2, -0.15) is 38.4 Å². The number of hydrogen-bond acceptors (Lipinski definition) is 4. The van der Waals surface area contributed by atoms with Gasteiger partial charge in [0.2, 0.25) is 0 Å². The fraction of sp³-hybridized carbons (Fsp3) is 0.143. The van der Waals surface area contributed by atoms with Crippen LogP contribution in [0.4, 0.5) is 26.3 Å². The molecule has 12 heteroatoms. The summed E-state index contributed by atoms with van der Waals surface area (Å²) in [6, 6.07) is 9.59. The van der Waals surface area contributed by atoms with Crippen LogP contribution in [-0.2, 0) is 13.7 Å². The van der Waals surface area contributed by atoms with Crippen LogP contribution in [0.1, 0.15) is 0 Å². The molecule has 0 radical (unpaired) electrons. The molecule has 0 amide bonds. The van der Waals surface area contributed by atoms with Gasteiger partial charge in [-0.25, -0.2) is 0 Å². The lowest BCUT2D eigenvalue weighted by Gasteiger charge is -2.43. The van der Waals surface area contributed by atoms with Crippen molar-refractivity contribution in [3.63, 3.8) is 0 Å². The Kier molecular flexibility index (Phi) is 4.53. The molecule has 0 atom stereocenters. The minimum absolute atomic E-state index is 0.0177. The van der Waals surface area contributed by atoms with Crippen molar-refractivity contribution in [1.29, 1.82) is 0 Å². The van der Waals surface area contributed by atoms with Crippen molar-refractivity contribution in [3.8, 4) is 0 Å². The van der Waals surface area contributed by atoms with Gasteiger partial charge in [0, 0.05) is 29.9 Å². The fourth-order valence-corrected chi connectivity index (χ4v) is 8.39. The molecule has 2 aromatic carbocycles. The van der Waals surface area contributed by atoms with Crippen LogP contribution in [0.25, 0.3) is 0 Å². The highest BCUT2D eigenvalue weighted by atomic mass is 32.3. The molecular weight excluding hydrogens is 426 g/mol. The van der Waals surface area contributed by atoms with E-state index in [1.807, 2.05) is 0 Å². The maximum Gasteiger partial charge on any atom is 0.523 e. The van der Waals surface area contributed by atoms with Gasteiger partial charge in [-0.15, -0.1) is 0 Å². The molecule has 0 spiro atoms. The van der Waals surface area contributed by atoms with Gasteiger partial charge in [0.15, 0.2) is 0 Å². The van der Waals surface area contributed by atoms with Gasteiger partial charge in [0.05, 0.1) is 0 Å². The molecule has 1 aliphatic heterocycles. The van der Waals surface area contributed by atoms with Crippen LogP contribution in [0.2, 0.25) is 0 Å². The van der Waals surface area contributed by atoms with Crippen LogP contribution in [0, 0.1) is 0 Å². The van der Waals surface area contributed by atoms with E-state index in [1.54, 1.807) is 0 Å². The molecule has 1 aliphatic rings. The molecule has 0 N–H and O–H groups in total. The van der Waals surface area contributed by atoms with Crippen molar-refractivity contribution >= 4 is 32.2 Å². The number of alkyl halides is 6. The number of benzene rings is 2. The van der Waals surface area contributed by atoms with E-state index in [0.717, 1.165) is 23.9 Å². The Morgan fingerprint density at radius 3 is 1.62 bits per heavy atom. The maximum absolute atomic E-state index is 14.1. The zero-order valence-electron chi connectivity index (χ0n) is 12.3. The Morgan fingerprint density at radius 2 is 1.23 bits per heavy atom. The molecule has 142 valence electrons. The highest BCUT2D eigenvalue weighted by Gasteiger charge is 2.63. The smallest absolute Gasteiger partial charge is 0.196 e. The van der Waals surface area contributed by atoms with Crippen LogP contribution >= 0.6 is 22.1 Å². The van der Waals surface area contributed by atoms with Gasteiger partial charge < -0.3 is 0 Å². The summed E-state index contributed by atoms with van der Waals surface area (Å²) in [6.07, 6.45) is 0. The molecule has 0 aliphatic carbocycles. The zero-order chi connectivity index (χ0) is 19.4. The Hall–Kier alpha value is -1.37. The average Bonchev–Trinajstić information content (AvgIpc) is 2.52. The maximum atomic E-state index is 14.1. The van der Waals surface area contributed by atoms with Crippen LogP contribution in [0.15, 0.2) is 68.1 Å². The van der Waals surface area contributed by atoms with Crippen molar-refractivity contribution < 1.29 is 38.4 Å². The van der Waals surface area contributed by atoms with Crippen LogP contribution < -0.4 is 0 Å². The topological polar surface area (TPSA) is 43.4 Å². The van der Waals surface area contributed by atoms with E-state index < -0.39 is 41.2 Å². The van der Waals surface area contributed by atoms with Gasteiger partial charge in [0.1, 0.15) is 0 Å². The van der Waals surface area contributed by atoms with Gasteiger partial charge in [0.25, 0.3) is 0 Å². The average molecular weight is 434 g/mol. The summed E-state index contributed by atoms with van der Waals surface area (Å²) in [7, 11) is -11.5. The number of rotatable bonds is 2. The molecule has 3 nitrogen and oxygen atoms in total. The highest BCUT2D eigenvalue weighted by molar-refractivity contribution is 8.34. The minimum Gasteiger partial charge on any atom is -0.196 e. The summed E-state index contributed by atoms with van der Waals surface area (Å²) in [6.45, 7) is 0. The molecule has 1 heterocycles. The predicted molar refractivity (Wildman–Crippen MR) is 83.2 cm³/mol. The van der Waals surface area contributed by atoms with E-state index in [1.165, 1.54) is 36.4 Å². The standard InChI is InChI=1S/C14H8F6O3S3/c15-13(16,17)25(23-26(21,22)14(18,19)20)11-7-3-1-5-9(11)24-10-6-2-4-8-12(10)25/h1-8H. The SMILES string of the molecule is O=S(=O)(OS1(C(F)(F)F)c2ccccc2Sc2ccccc21)C(F)(F)F. The van der Waals surface area contributed by atoms with E-state index in [2.05, 4.69) is 3.63 Å². The minimum atomic E-state index is -6.52. The quantitative estimate of drug-likeness (QED) is 0.451. The lowest BCUT2D eigenvalue weighted by molar-refractivity contribution is -0.0552. The molecule has 2 aromatic rings.